The highest BCUT2D eigenvalue weighted by Gasteiger charge is 2.13. The number of anilines is 1. The molecule has 0 radical (unpaired) electrons. The van der Waals surface area contributed by atoms with E-state index in [-0.39, 0.29) is 5.84 Å². The van der Waals surface area contributed by atoms with Crippen molar-refractivity contribution in [1.82, 2.24) is 5.16 Å². The van der Waals surface area contributed by atoms with Crippen LogP contribution in [-0.2, 0) is 0 Å². The maximum absolute atomic E-state index is 12.6. The molecule has 0 saturated heterocycles. The van der Waals surface area contributed by atoms with Crippen LogP contribution in [0.5, 0.6) is 5.75 Å². The monoisotopic (exact) mass is 310 g/mol. The quantitative estimate of drug-likeness (QED) is 0.606. The summed E-state index contributed by atoms with van der Waals surface area (Å²) in [5.41, 5.74) is 7.17. The lowest BCUT2D eigenvalue weighted by Crippen LogP contribution is -2.22. The van der Waals surface area contributed by atoms with Crippen LogP contribution in [0.2, 0.25) is 0 Å². The van der Waals surface area contributed by atoms with Crippen molar-refractivity contribution in [3.05, 3.63) is 36.1 Å². The molecule has 3 N–H and O–H groups in total. The van der Waals surface area contributed by atoms with Crippen molar-refractivity contribution in [2.45, 2.75) is 6.10 Å². The summed E-state index contributed by atoms with van der Waals surface area (Å²) in [6, 6.07) is 6.39. The molecule has 0 fully saturated rings. The molecule has 1 aromatic heterocycles. The molecule has 118 valence electrons. The van der Waals surface area contributed by atoms with Gasteiger partial charge in [-0.05, 0) is 18.2 Å². The summed E-state index contributed by atoms with van der Waals surface area (Å²) in [4.78, 5) is 4.10. The fourth-order valence-corrected chi connectivity index (χ4v) is 1.77. The van der Waals surface area contributed by atoms with Gasteiger partial charge in [-0.3, -0.25) is 0 Å². The topological polar surface area (TPSA) is 85.7 Å². The SMILES string of the molecule is CNc1ccc(OC(CF)CF)cc1C(N)=Nc1ccon1. The number of nitrogens with two attached hydrogens (primary N) is 1. The molecule has 0 aliphatic heterocycles. The zero-order valence-corrected chi connectivity index (χ0v) is 11.9. The van der Waals surface area contributed by atoms with E-state index in [1.54, 1.807) is 31.3 Å². The summed E-state index contributed by atoms with van der Waals surface area (Å²) in [5.74, 6) is 0.782. The Morgan fingerprint density at radius 3 is 2.77 bits per heavy atom. The number of alkyl halides is 2. The second-order valence-corrected chi connectivity index (χ2v) is 4.36. The third kappa shape index (κ3) is 3.72. The molecule has 0 spiro atoms. The van der Waals surface area contributed by atoms with Crippen molar-refractivity contribution in [3.8, 4) is 5.75 Å². The zero-order chi connectivity index (χ0) is 15.9. The molecule has 1 aromatic carbocycles. The van der Waals surface area contributed by atoms with Gasteiger partial charge in [0.25, 0.3) is 0 Å². The van der Waals surface area contributed by atoms with Crippen LogP contribution in [0.25, 0.3) is 0 Å². The van der Waals surface area contributed by atoms with E-state index in [2.05, 4.69) is 20.0 Å². The van der Waals surface area contributed by atoms with Crippen LogP contribution in [0, 0.1) is 0 Å². The molecule has 2 aromatic rings. The number of nitrogens with one attached hydrogen (secondary N) is 1. The van der Waals surface area contributed by atoms with Crippen LogP contribution in [-0.4, -0.2) is 37.5 Å². The van der Waals surface area contributed by atoms with Gasteiger partial charge in [0.2, 0.25) is 0 Å². The molecular formula is C14H16F2N4O2. The molecule has 0 aliphatic carbocycles. The average molecular weight is 310 g/mol. The number of hydrogen-bond acceptors (Lipinski definition) is 5. The average Bonchev–Trinajstić information content (AvgIpc) is 3.05. The predicted octanol–water partition coefficient (Wildman–Crippen LogP) is 2.44. The van der Waals surface area contributed by atoms with Crippen LogP contribution in [0.3, 0.4) is 0 Å². The molecule has 1 heterocycles. The maximum Gasteiger partial charge on any atom is 0.197 e. The van der Waals surface area contributed by atoms with Crippen molar-refractivity contribution < 1.29 is 18.0 Å². The number of nitrogens with zero attached hydrogens (tertiary/aromatic N) is 2. The van der Waals surface area contributed by atoms with Gasteiger partial charge < -0.3 is 20.3 Å². The Labute approximate surface area is 126 Å². The molecule has 22 heavy (non-hydrogen) atoms. The first kappa shape index (κ1) is 15.7. The number of hydrogen-bond donors (Lipinski definition) is 2. The van der Waals surface area contributed by atoms with Crippen molar-refractivity contribution in [2.75, 3.05) is 25.7 Å². The summed E-state index contributed by atoms with van der Waals surface area (Å²) >= 11 is 0. The van der Waals surface area contributed by atoms with E-state index in [1.807, 2.05) is 0 Å². The first-order valence-electron chi connectivity index (χ1n) is 6.53. The zero-order valence-electron chi connectivity index (χ0n) is 11.9. The first-order valence-corrected chi connectivity index (χ1v) is 6.53. The van der Waals surface area contributed by atoms with E-state index in [1.165, 1.54) is 6.26 Å². The van der Waals surface area contributed by atoms with Crippen molar-refractivity contribution >= 4 is 17.3 Å². The molecule has 6 nitrogen and oxygen atoms in total. The Morgan fingerprint density at radius 1 is 1.41 bits per heavy atom. The molecule has 0 unspecified atom stereocenters. The van der Waals surface area contributed by atoms with Gasteiger partial charge in [0.1, 0.15) is 31.2 Å². The van der Waals surface area contributed by atoms with E-state index in [4.69, 9.17) is 10.5 Å². The standard InChI is InChI=1S/C14H16F2N4O2/c1-18-12-3-2-9(22-10(7-15)8-16)6-11(12)14(17)19-13-4-5-21-20-13/h2-6,10,18H,7-8H2,1H3,(H2,17,19,20). The summed E-state index contributed by atoms with van der Waals surface area (Å²) in [6.45, 7) is -1.83. The summed E-state index contributed by atoms with van der Waals surface area (Å²) in [7, 11) is 1.72. The second kappa shape index (κ2) is 7.39. The molecule has 0 bridgehead atoms. The van der Waals surface area contributed by atoms with Crippen molar-refractivity contribution in [2.24, 2.45) is 10.7 Å². The van der Waals surface area contributed by atoms with Crippen LogP contribution in [0.1, 0.15) is 5.56 Å². The Bertz CT molecular complexity index is 628. The molecule has 8 heteroatoms. The largest absolute Gasteiger partial charge is 0.485 e. The third-order valence-corrected chi connectivity index (χ3v) is 2.84. The number of amidine groups is 1. The van der Waals surface area contributed by atoms with Crippen LogP contribution in [0.4, 0.5) is 20.3 Å². The Balaban J connectivity index is 2.32. The lowest BCUT2D eigenvalue weighted by atomic mass is 10.1. The van der Waals surface area contributed by atoms with Crippen molar-refractivity contribution in [3.63, 3.8) is 0 Å². The smallest absolute Gasteiger partial charge is 0.197 e. The van der Waals surface area contributed by atoms with E-state index in [0.29, 0.717) is 22.8 Å². The van der Waals surface area contributed by atoms with E-state index < -0.39 is 19.5 Å². The van der Waals surface area contributed by atoms with E-state index >= 15 is 0 Å². The predicted molar refractivity (Wildman–Crippen MR) is 79.2 cm³/mol. The highest BCUT2D eigenvalue weighted by atomic mass is 19.1. The molecule has 0 atom stereocenters. The minimum absolute atomic E-state index is 0.167. The second-order valence-electron chi connectivity index (χ2n) is 4.36. The highest BCUT2D eigenvalue weighted by molar-refractivity contribution is 6.03. The van der Waals surface area contributed by atoms with Gasteiger partial charge in [0, 0.05) is 24.4 Å². The lowest BCUT2D eigenvalue weighted by molar-refractivity contribution is 0.133. The van der Waals surface area contributed by atoms with E-state index in [9.17, 15) is 8.78 Å². The summed E-state index contributed by atoms with van der Waals surface area (Å²) in [5, 5.41) is 6.60. The Kier molecular flexibility index (Phi) is 5.29. The molecule has 0 amide bonds. The van der Waals surface area contributed by atoms with Gasteiger partial charge in [-0.1, -0.05) is 5.16 Å². The molecule has 0 aliphatic rings. The third-order valence-electron chi connectivity index (χ3n) is 2.84. The number of aliphatic imine (C=N–C) groups is 1. The fraction of sp³-hybridized carbons (Fsp3) is 0.286. The van der Waals surface area contributed by atoms with Gasteiger partial charge in [-0.15, -0.1) is 0 Å². The van der Waals surface area contributed by atoms with Gasteiger partial charge in [0.15, 0.2) is 11.9 Å². The first-order chi connectivity index (χ1) is 10.7. The summed E-state index contributed by atoms with van der Waals surface area (Å²) < 4.78 is 35.0. The van der Waals surface area contributed by atoms with Gasteiger partial charge >= 0.3 is 0 Å². The normalized spacial score (nSPS) is 11.7. The Hall–Kier alpha value is -2.64. The van der Waals surface area contributed by atoms with Gasteiger partial charge in [-0.2, -0.15) is 0 Å². The van der Waals surface area contributed by atoms with Gasteiger partial charge in [-0.25, -0.2) is 13.8 Å². The number of ether oxygens (including phenoxy) is 1. The highest BCUT2D eigenvalue weighted by Crippen LogP contribution is 2.24. The molecule has 0 saturated carbocycles. The van der Waals surface area contributed by atoms with Gasteiger partial charge in [0.05, 0.1) is 0 Å². The summed E-state index contributed by atoms with van der Waals surface area (Å²) in [6.07, 6.45) is 0.236. The maximum atomic E-state index is 12.6. The number of halogens is 2. The fourth-order valence-electron chi connectivity index (χ4n) is 1.77. The number of rotatable bonds is 7. The number of benzene rings is 1. The molecule has 2 rings (SSSR count). The molecular weight excluding hydrogens is 294 g/mol. The minimum atomic E-state index is -1.14. The Morgan fingerprint density at radius 2 is 2.18 bits per heavy atom. The van der Waals surface area contributed by atoms with Crippen LogP contribution >= 0.6 is 0 Å². The minimum Gasteiger partial charge on any atom is -0.485 e. The number of aromatic nitrogens is 1. The van der Waals surface area contributed by atoms with E-state index in [0.717, 1.165) is 0 Å². The van der Waals surface area contributed by atoms with Crippen LogP contribution < -0.4 is 15.8 Å². The lowest BCUT2D eigenvalue weighted by Gasteiger charge is -2.15. The van der Waals surface area contributed by atoms with Crippen LogP contribution in [0.15, 0.2) is 40.0 Å². The van der Waals surface area contributed by atoms with Crippen molar-refractivity contribution in [1.29, 1.82) is 0 Å².